The second kappa shape index (κ2) is 13.7. The fraction of sp³-hybridized carbons (Fsp3) is 0.586. The van der Waals surface area contributed by atoms with Gasteiger partial charge in [-0.05, 0) is 95.0 Å². The summed E-state index contributed by atoms with van der Waals surface area (Å²) < 4.78 is 27.0. The van der Waals surface area contributed by atoms with Crippen molar-refractivity contribution in [3.8, 4) is 0 Å². The summed E-state index contributed by atoms with van der Waals surface area (Å²) in [6, 6.07) is 0. The van der Waals surface area contributed by atoms with E-state index >= 15 is 0 Å². The van der Waals surface area contributed by atoms with Gasteiger partial charge in [0.2, 0.25) is 0 Å². The molecule has 0 aliphatic carbocycles. The van der Waals surface area contributed by atoms with E-state index in [1.807, 2.05) is 19.9 Å². The lowest BCUT2D eigenvalue weighted by Crippen LogP contribution is -2.30. The standard InChI is InChI=1S/C29H45F2N/c1-22(2)28(23(3)4)24(5)26(29(6,7)8)17-11-10-15-25(27(31)21-30)16-14-20-32-18-12-9-13-19-32/h10-11,15,21,26H,1,3,9,12-14,16-20H2,2,4-8H3/b11-10+,25-15-,27-21-. The first kappa shape index (κ1) is 28.3. The molecule has 0 aromatic rings. The molecule has 0 N–H and O–H groups in total. The van der Waals surface area contributed by atoms with Crippen LogP contribution in [0.2, 0.25) is 0 Å². The number of hydrogen-bond acceptors (Lipinski definition) is 1. The average molecular weight is 446 g/mol. The molecule has 1 rings (SSSR count). The van der Waals surface area contributed by atoms with Crippen LogP contribution in [0.3, 0.4) is 0 Å². The van der Waals surface area contributed by atoms with Crippen molar-refractivity contribution in [2.75, 3.05) is 19.6 Å². The summed E-state index contributed by atoms with van der Waals surface area (Å²) in [7, 11) is 0. The Balaban J connectivity index is 2.92. The van der Waals surface area contributed by atoms with E-state index in [2.05, 4.69) is 51.8 Å². The monoisotopic (exact) mass is 445 g/mol. The Labute approximate surface area is 196 Å². The zero-order chi connectivity index (χ0) is 24.3. The molecule has 1 fully saturated rings. The number of likely N-dealkylation sites (tertiary alicyclic amines) is 1. The predicted octanol–water partition coefficient (Wildman–Crippen LogP) is 9.04. The molecule has 1 nitrogen and oxygen atoms in total. The average Bonchev–Trinajstić information content (AvgIpc) is 2.70. The molecule has 1 aliphatic heterocycles. The smallest absolute Gasteiger partial charge is 0.154 e. The molecule has 1 unspecified atom stereocenters. The number of rotatable bonds is 11. The first-order chi connectivity index (χ1) is 15.0. The zero-order valence-corrected chi connectivity index (χ0v) is 21.4. The van der Waals surface area contributed by atoms with Gasteiger partial charge in [-0.2, -0.15) is 0 Å². The van der Waals surface area contributed by atoms with Crippen LogP contribution in [0.25, 0.3) is 0 Å². The van der Waals surface area contributed by atoms with Gasteiger partial charge in [-0.25, -0.2) is 8.78 Å². The van der Waals surface area contributed by atoms with Crippen LogP contribution in [0, 0.1) is 11.3 Å². The molecule has 0 spiro atoms. The highest BCUT2D eigenvalue weighted by Crippen LogP contribution is 2.38. The lowest BCUT2D eigenvalue weighted by Gasteiger charge is -2.33. The Morgan fingerprint density at radius 3 is 2.12 bits per heavy atom. The van der Waals surface area contributed by atoms with Gasteiger partial charge in [-0.3, -0.25) is 0 Å². The molecule has 1 atom stereocenters. The van der Waals surface area contributed by atoms with Crippen LogP contribution in [-0.4, -0.2) is 24.5 Å². The Morgan fingerprint density at radius 2 is 1.62 bits per heavy atom. The summed E-state index contributed by atoms with van der Waals surface area (Å²) in [5.74, 6) is -0.469. The molecular weight excluding hydrogens is 400 g/mol. The Kier molecular flexibility index (Phi) is 12.1. The third kappa shape index (κ3) is 9.40. The molecule has 1 heterocycles. The number of piperidine rings is 1. The van der Waals surface area contributed by atoms with E-state index in [-0.39, 0.29) is 11.7 Å². The fourth-order valence-corrected chi connectivity index (χ4v) is 4.82. The molecule has 0 amide bonds. The summed E-state index contributed by atoms with van der Waals surface area (Å²) in [4.78, 5) is 2.43. The van der Waals surface area contributed by atoms with Gasteiger partial charge in [0.1, 0.15) is 6.33 Å². The van der Waals surface area contributed by atoms with Gasteiger partial charge in [0, 0.05) is 0 Å². The van der Waals surface area contributed by atoms with Gasteiger partial charge in [-0.15, -0.1) is 0 Å². The Morgan fingerprint density at radius 1 is 1.03 bits per heavy atom. The van der Waals surface area contributed by atoms with E-state index in [0.29, 0.717) is 17.9 Å². The molecule has 0 aromatic carbocycles. The van der Waals surface area contributed by atoms with Gasteiger partial charge in [-0.1, -0.05) is 75.3 Å². The van der Waals surface area contributed by atoms with Crippen molar-refractivity contribution in [2.45, 2.75) is 80.1 Å². The molecule has 1 saturated heterocycles. The SMILES string of the molecule is C=C(C)C(C(=C)C)=C(C)C(C/C=C/C=C(CCCN1CCCCC1)\C(F)=C\F)C(C)(C)C. The summed E-state index contributed by atoms with van der Waals surface area (Å²) >= 11 is 0. The van der Waals surface area contributed by atoms with Gasteiger partial charge < -0.3 is 4.90 Å². The van der Waals surface area contributed by atoms with Crippen molar-refractivity contribution in [1.29, 1.82) is 0 Å². The zero-order valence-electron chi connectivity index (χ0n) is 21.4. The van der Waals surface area contributed by atoms with Crippen molar-refractivity contribution in [1.82, 2.24) is 4.90 Å². The second-order valence-electron chi connectivity index (χ2n) is 10.4. The minimum atomic E-state index is -0.761. The van der Waals surface area contributed by atoms with E-state index in [4.69, 9.17) is 0 Å². The van der Waals surface area contributed by atoms with Crippen LogP contribution >= 0.6 is 0 Å². The first-order valence-electron chi connectivity index (χ1n) is 12.1. The van der Waals surface area contributed by atoms with Crippen LogP contribution < -0.4 is 0 Å². The third-order valence-corrected chi connectivity index (χ3v) is 6.39. The quantitative estimate of drug-likeness (QED) is 0.287. The maximum Gasteiger partial charge on any atom is 0.154 e. The van der Waals surface area contributed by atoms with Crippen LogP contribution in [0.1, 0.15) is 80.1 Å². The van der Waals surface area contributed by atoms with E-state index < -0.39 is 5.83 Å². The molecule has 0 bridgehead atoms. The lowest BCUT2D eigenvalue weighted by atomic mass is 9.72. The van der Waals surface area contributed by atoms with Crippen LogP contribution in [-0.2, 0) is 0 Å². The summed E-state index contributed by atoms with van der Waals surface area (Å²) in [6.07, 6.45) is 11.8. The minimum absolute atomic E-state index is 0.0512. The molecule has 180 valence electrons. The maximum absolute atomic E-state index is 14.1. The van der Waals surface area contributed by atoms with E-state index in [1.165, 1.54) is 24.8 Å². The van der Waals surface area contributed by atoms with Crippen LogP contribution in [0.4, 0.5) is 8.78 Å². The van der Waals surface area contributed by atoms with Gasteiger partial charge in [0.05, 0.1) is 0 Å². The largest absolute Gasteiger partial charge is 0.303 e. The number of nitrogens with zero attached hydrogens (tertiary/aromatic N) is 1. The van der Waals surface area contributed by atoms with Gasteiger partial charge in [0.15, 0.2) is 5.83 Å². The van der Waals surface area contributed by atoms with Crippen LogP contribution in [0.5, 0.6) is 0 Å². The minimum Gasteiger partial charge on any atom is -0.303 e. The molecule has 3 heteroatoms. The van der Waals surface area contributed by atoms with Crippen molar-refractivity contribution in [3.05, 3.63) is 71.4 Å². The summed E-state index contributed by atoms with van der Waals surface area (Å²) in [6.45, 7) is 24.4. The molecule has 32 heavy (non-hydrogen) atoms. The van der Waals surface area contributed by atoms with Crippen molar-refractivity contribution >= 4 is 0 Å². The number of halogens is 2. The summed E-state index contributed by atoms with van der Waals surface area (Å²) in [5, 5.41) is 0. The Bertz CT molecular complexity index is 737. The maximum atomic E-state index is 14.1. The second-order valence-corrected chi connectivity index (χ2v) is 10.4. The topological polar surface area (TPSA) is 3.24 Å². The highest BCUT2D eigenvalue weighted by atomic mass is 19.2. The molecule has 0 radical (unpaired) electrons. The van der Waals surface area contributed by atoms with Crippen molar-refractivity contribution in [3.63, 3.8) is 0 Å². The molecular formula is C29H45F2N. The van der Waals surface area contributed by atoms with Crippen molar-refractivity contribution < 1.29 is 8.78 Å². The molecule has 1 aliphatic rings. The highest BCUT2D eigenvalue weighted by molar-refractivity contribution is 5.46. The normalized spacial score (nSPS) is 17.5. The third-order valence-electron chi connectivity index (χ3n) is 6.39. The molecule has 0 saturated carbocycles. The van der Waals surface area contributed by atoms with Crippen molar-refractivity contribution in [2.24, 2.45) is 11.3 Å². The van der Waals surface area contributed by atoms with E-state index in [9.17, 15) is 8.78 Å². The molecule has 0 aromatic heterocycles. The fourth-order valence-electron chi connectivity index (χ4n) is 4.82. The lowest BCUT2D eigenvalue weighted by molar-refractivity contribution is 0.226. The number of allylic oxidation sites excluding steroid dienone is 9. The van der Waals surface area contributed by atoms with Gasteiger partial charge in [0.25, 0.3) is 0 Å². The Hall–Kier alpha value is -1.74. The van der Waals surface area contributed by atoms with E-state index in [0.717, 1.165) is 49.2 Å². The predicted molar refractivity (Wildman–Crippen MR) is 137 cm³/mol. The summed E-state index contributed by atoms with van der Waals surface area (Å²) in [5.41, 5.74) is 4.97. The van der Waals surface area contributed by atoms with Crippen LogP contribution in [0.15, 0.2) is 71.4 Å². The van der Waals surface area contributed by atoms with Gasteiger partial charge >= 0.3 is 0 Å². The van der Waals surface area contributed by atoms with E-state index in [1.54, 1.807) is 6.08 Å². The highest BCUT2D eigenvalue weighted by Gasteiger charge is 2.27. The number of hydrogen-bond donors (Lipinski definition) is 0. The first-order valence-corrected chi connectivity index (χ1v) is 12.1.